The minimum atomic E-state index is -0.354. The van der Waals surface area contributed by atoms with Gasteiger partial charge in [-0.25, -0.2) is 4.39 Å². The predicted molar refractivity (Wildman–Crippen MR) is 96.3 cm³/mol. The number of likely N-dealkylation sites (tertiary alicyclic amines) is 1. The van der Waals surface area contributed by atoms with E-state index < -0.39 is 0 Å². The Labute approximate surface area is 154 Å². The van der Waals surface area contributed by atoms with E-state index in [9.17, 15) is 14.0 Å². The highest BCUT2D eigenvalue weighted by Crippen LogP contribution is 2.21. The lowest BCUT2D eigenvalue weighted by atomic mass is 9.95. The Bertz CT molecular complexity index is 588. The average Bonchev–Trinajstić information content (AvgIpc) is 2.90. The molecule has 3 rings (SSSR count). The molecule has 2 fully saturated rings. The predicted octanol–water partition coefficient (Wildman–Crippen LogP) is 1.92. The molecule has 2 amide bonds. The van der Waals surface area contributed by atoms with Crippen LogP contribution in [-0.4, -0.2) is 60.9 Å². The lowest BCUT2D eigenvalue weighted by Crippen LogP contribution is -2.47. The Morgan fingerprint density at radius 3 is 2.48 bits per heavy atom. The van der Waals surface area contributed by atoms with E-state index >= 15 is 0 Å². The van der Waals surface area contributed by atoms with Crippen molar-refractivity contribution in [3.05, 3.63) is 35.6 Å². The molecule has 0 bridgehead atoms. The fraction of sp³-hybridized carbons (Fsp3) is 0.556. The van der Waals surface area contributed by atoms with Crippen molar-refractivity contribution in [3.63, 3.8) is 0 Å². The number of hydrogen-bond acceptors (Lipinski definition) is 3. The van der Waals surface area contributed by atoms with Gasteiger partial charge in [0.05, 0.1) is 5.92 Å². The van der Waals surface area contributed by atoms with E-state index in [4.69, 9.17) is 0 Å². The smallest absolute Gasteiger partial charge is 0.253 e. The van der Waals surface area contributed by atoms with Crippen LogP contribution in [0.4, 0.5) is 4.39 Å². The van der Waals surface area contributed by atoms with Crippen molar-refractivity contribution in [2.75, 3.05) is 39.3 Å². The molecule has 1 N–H and O–H groups in total. The summed E-state index contributed by atoms with van der Waals surface area (Å²) < 4.78 is 13.0. The second kappa shape index (κ2) is 9.15. The van der Waals surface area contributed by atoms with Gasteiger partial charge in [0.25, 0.3) is 5.91 Å². The molecule has 1 aromatic carbocycles. The first-order valence-electron chi connectivity index (χ1n) is 8.69. The molecule has 138 valence electrons. The molecular weight excluding hydrogens is 345 g/mol. The molecule has 0 spiro atoms. The highest BCUT2D eigenvalue weighted by Gasteiger charge is 2.31. The standard InChI is InChI=1S/C18H24FN3O2.ClH/c19-16-6-4-14(5-7-16)17(23)22-10-1-3-15(13-22)18(24)21-11-2-8-20-9-12-21;/h4-7,15,20H,1-3,8-13H2;1H. The number of carbonyl (C=O) groups excluding carboxylic acids is 2. The summed E-state index contributed by atoms with van der Waals surface area (Å²) in [6.07, 6.45) is 2.63. The Morgan fingerprint density at radius 1 is 1.00 bits per heavy atom. The molecule has 1 aromatic rings. The molecule has 0 radical (unpaired) electrons. The number of hydrogen-bond donors (Lipinski definition) is 1. The Kier molecular flexibility index (Phi) is 7.20. The van der Waals surface area contributed by atoms with Gasteiger partial charge in [-0.05, 0) is 50.1 Å². The van der Waals surface area contributed by atoms with E-state index in [2.05, 4.69) is 5.32 Å². The number of carbonyl (C=O) groups is 2. The SMILES string of the molecule is Cl.O=C(c1ccc(F)cc1)N1CCCC(C(=O)N2CCCNCC2)C1. The number of nitrogens with one attached hydrogen (secondary N) is 1. The third kappa shape index (κ3) is 4.92. The van der Waals surface area contributed by atoms with E-state index in [0.717, 1.165) is 45.4 Å². The first kappa shape index (κ1) is 19.7. The van der Waals surface area contributed by atoms with Gasteiger partial charge in [0.1, 0.15) is 5.82 Å². The number of amides is 2. The number of rotatable bonds is 2. The third-order valence-corrected chi connectivity index (χ3v) is 4.80. The number of nitrogens with zero attached hydrogens (tertiary/aromatic N) is 2. The maximum absolute atomic E-state index is 13.0. The van der Waals surface area contributed by atoms with Crippen LogP contribution in [-0.2, 0) is 4.79 Å². The average molecular weight is 370 g/mol. The largest absolute Gasteiger partial charge is 0.341 e. The van der Waals surface area contributed by atoms with Crippen molar-refractivity contribution < 1.29 is 14.0 Å². The van der Waals surface area contributed by atoms with Crippen molar-refractivity contribution >= 4 is 24.2 Å². The molecule has 0 aliphatic carbocycles. The Balaban J connectivity index is 0.00000225. The van der Waals surface area contributed by atoms with Gasteiger partial charge in [0.15, 0.2) is 0 Å². The highest BCUT2D eigenvalue weighted by atomic mass is 35.5. The lowest BCUT2D eigenvalue weighted by Gasteiger charge is -2.34. The Morgan fingerprint density at radius 2 is 1.72 bits per heavy atom. The molecule has 1 unspecified atom stereocenters. The molecule has 25 heavy (non-hydrogen) atoms. The topological polar surface area (TPSA) is 52.7 Å². The number of halogens is 2. The second-order valence-electron chi connectivity index (χ2n) is 6.53. The summed E-state index contributed by atoms with van der Waals surface area (Å²) in [4.78, 5) is 29.0. The summed E-state index contributed by atoms with van der Waals surface area (Å²) in [7, 11) is 0. The number of piperidine rings is 1. The fourth-order valence-corrected chi connectivity index (χ4v) is 3.46. The van der Waals surface area contributed by atoms with E-state index in [0.29, 0.717) is 18.7 Å². The van der Waals surface area contributed by atoms with E-state index in [1.165, 1.54) is 24.3 Å². The second-order valence-corrected chi connectivity index (χ2v) is 6.53. The maximum atomic E-state index is 13.0. The monoisotopic (exact) mass is 369 g/mol. The highest BCUT2D eigenvalue weighted by molar-refractivity contribution is 5.94. The van der Waals surface area contributed by atoms with Crippen LogP contribution in [0.1, 0.15) is 29.6 Å². The van der Waals surface area contributed by atoms with Gasteiger partial charge in [-0.3, -0.25) is 9.59 Å². The molecule has 7 heteroatoms. The quantitative estimate of drug-likeness (QED) is 0.866. The summed E-state index contributed by atoms with van der Waals surface area (Å²) in [5.41, 5.74) is 0.475. The van der Waals surface area contributed by atoms with Crippen molar-refractivity contribution in [3.8, 4) is 0 Å². The van der Waals surface area contributed by atoms with Crippen LogP contribution in [0.25, 0.3) is 0 Å². The van der Waals surface area contributed by atoms with Gasteiger partial charge < -0.3 is 15.1 Å². The maximum Gasteiger partial charge on any atom is 0.253 e. The molecule has 2 saturated heterocycles. The van der Waals surface area contributed by atoms with Gasteiger partial charge in [-0.2, -0.15) is 0 Å². The normalized spacial score (nSPS) is 21.2. The zero-order valence-corrected chi connectivity index (χ0v) is 15.1. The van der Waals surface area contributed by atoms with Gasteiger partial charge >= 0.3 is 0 Å². The first-order chi connectivity index (χ1) is 11.6. The van der Waals surface area contributed by atoms with E-state index in [-0.39, 0.29) is 36.0 Å². The molecule has 2 aliphatic heterocycles. The van der Waals surface area contributed by atoms with Gasteiger partial charge in [0.2, 0.25) is 5.91 Å². The summed E-state index contributed by atoms with van der Waals surface area (Å²) >= 11 is 0. The van der Waals surface area contributed by atoms with Crippen LogP contribution in [0.15, 0.2) is 24.3 Å². The molecule has 0 saturated carbocycles. The lowest BCUT2D eigenvalue weighted by molar-refractivity contribution is -0.136. The van der Waals surface area contributed by atoms with Crippen molar-refractivity contribution in [2.24, 2.45) is 5.92 Å². The first-order valence-corrected chi connectivity index (χ1v) is 8.69. The van der Waals surface area contributed by atoms with Crippen molar-refractivity contribution in [1.82, 2.24) is 15.1 Å². The fourth-order valence-electron chi connectivity index (χ4n) is 3.46. The number of benzene rings is 1. The molecule has 2 aliphatic rings. The van der Waals surface area contributed by atoms with E-state index in [1.54, 1.807) is 4.90 Å². The zero-order valence-electron chi connectivity index (χ0n) is 14.2. The van der Waals surface area contributed by atoms with Gasteiger partial charge in [-0.1, -0.05) is 0 Å². The zero-order chi connectivity index (χ0) is 16.9. The summed E-state index contributed by atoms with van der Waals surface area (Å²) in [5.74, 6) is -0.436. The van der Waals surface area contributed by atoms with Crippen LogP contribution in [0, 0.1) is 11.7 Å². The van der Waals surface area contributed by atoms with E-state index in [1.807, 2.05) is 4.90 Å². The molecule has 5 nitrogen and oxygen atoms in total. The van der Waals surface area contributed by atoms with Gasteiger partial charge in [-0.15, -0.1) is 12.4 Å². The van der Waals surface area contributed by atoms with Crippen LogP contribution in [0.2, 0.25) is 0 Å². The molecule has 0 aromatic heterocycles. The molecule has 1 atom stereocenters. The van der Waals surface area contributed by atoms with Crippen molar-refractivity contribution in [1.29, 1.82) is 0 Å². The Hall–Kier alpha value is -1.66. The van der Waals surface area contributed by atoms with Gasteiger partial charge in [0, 0.05) is 38.3 Å². The minimum absolute atomic E-state index is 0. The van der Waals surface area contributed by atoms with Crippen LogP contribution < -0.4 is 5.32 Å². The molecular formula is C18H25ClFN3O2. The van der Waals surface area contributed by atoms with Crippen LogP contribution in [0.5, 0.6) is 0 Å². The molecule has 2 heterocycles. The van der Waals surface area contributed by atoms with Crippen LogP contribution >= 0.6 is 12.4 Å². The third-order valence-electron chi connectivity index (χ3n) is 4.80. The summed E-state index contributed by atoms with van der Waals surface area (Å²) in [6, 6.07) is 5.60. The summed E-state index contributed by atoms with van der Waals surface area (Å²) in [6.45, 7) is 4.41. The minimum Gasteiger partial charge on any atom is -0.341 e. The summed E-state index contributed by atoms with van der Waals surface area (Å²) in [5, 5.41) is 3.30. The van der Waals surface area contributed by atoms with Crippen LogP contribution in [0.3, 0.4) is 0 Å². The van der Waals surface area contributed by atoms with Crippen molar-refractivity contribution in [2.45, 2.75) is 19.3 Å².